The highest BCUT2D eigenvalue weighted by molar-refractivity contribution is 5.78. The SMILES string of the molecule is CC(=O)C/C(C)=C(\C)CC[N+](=O)[O-]. The van der Waals surface area contributed by atoms with Gasteiger partial charge in [0.05, 0.1) is 0 Å². The van der Waals surface area contributed by atoms with Crippen LogP contribution in [0, 0.1) is 10.1 Å². The summed E-state index contributed by atoms with van der Waals surface area (Å²) in [4.78, 5) is 20.5. The number of allylic oxidation sites excluding steroid dienone is 1. The first-order valence-corrected chi connectivity index (χ1v) is 4.20. The Bertz CT molecular complexity index is 243. The molecule has 0 aliphatic carbocycles. The Morgan fingerprint density at radius 2 is 1.77 bits per heavy atom. The zero-order valence-corrected chi connectivity index (χ0v) is 8.29. The monoisotopic (exact) mass is 185 g/mol. The van der Waals surface area contributed by atoms with Crippen LogP contribution in [0.5, 0.6) is 0 Å². The smallest absolute Gasteiger partial charge is 0.207 e. The van der Waals surface area contributed by atoms with Crippen LogP contribution in [0.4, 0.5) is 0 Å². The Morgan fingerprint density at radius 3 is 2.15 bits per heavy atom. The zero-order chi connectivity index (χ0) is 10.4. The van der Waals surface area contributed by atoms with E-state index in [2.05, 4.69) is 0 Å². The topological polar surface area (TPSA) is 60.2 Å². The number of rotatable bonds is 5. The number of hydrogen-bond donors (Lipinski definition) is 0. The molecule has 4 nitrogen and oxygen atoms in total. The summed E-state index contributed by atoms with van der Waals surface area (Å²) in [5, 5.41) is 10.1. The van der Waals surface area contributed by atoms with Gasteiger partial charge in [-0.25, -0.2) is 0 Å². The van der Waals surface area contributed by atoms with Crippen LogP contribution < -0.4 is 0 Å². The standard InChI is InChI=1S/C9H15NO3/c1-7(4-5-10(12)13)8(2)6-9(3)11/h4-6H2,1-3H3/b8-7+. The summed E-state index contributed by atoms with van der Waals surface area (Å²) >= 11 is 0. The Balaban J connectivity index is 4.10. The minimum absolute atomic E-state index is 0.0545. The van der Waals surface area contributed by atoms with Crippen LogP contribution in [0.3, 0.4) is 0 Å². The highest BCUT2D eigenvalue weighted by atomic mass is 16.6. The van der Waals surface area contributed by atoms with Gasteiger partial charge in [0.1, 0.15) is 5.78 Å². The summed E-state index contributed by atoms with van der Waals surface area (Å²) in [6.07, 6.45) is 0.843. The third-order valence-corrected chi connectivity index (χ3v) is 1.91. The van der Waals surface area contributed by atoms with E-state index in [4.69, 9.17) is 0 Å². The lowest BCUT2D eigenvalue weighted by Gasteiger charge is -2.03. The number of nitro groups is 1. The van der Waals surface area contributed by atoms with Gasteiger partial charge in [-0.15, -0.1) is 0 Å². The molecule has 0 atom stereocenters. The normalized spacial score (nSPS) is 12.2. The third-order valence-electron chi connectivity index (χ3n) is 1.91. The maximum absolute atomic E-state index is 10.7. The van der Waals surface area contributed by atoms with Gasteiger partial charge in [0.2, 0.25) is 6.54 Å². The van der Waals surface area contributed by atoms with E-state index < -0.39 is 0 Å². The fraction of sp³-hybridized carbons (Fsp3) is 0.667. The lowest BCUT2D eigenvalue weighted by atomic mass is 10.0. The molecule has 13 heavy (non-hydrogen) atoms. The van der Waals surface area contributed by atoms with E-state index in [0.29, 0.717) is 12.8 Å². The average molecular weight is 185 g/mol. The molecule has 0 spiro atoms. The molecule has 0 aromatic heterocycles. The lowest BCUT2D eigenvalue weighted by Crippen LogP contribution is -2.02. The van der Waals surface area contributed by atoms with Gasteiger partial charge >= 0.3 is 0 Å². The summed E-state index contributed by atoms with van der Waals surface area (Å²) in [7, 11) is 0. The largest absolute Gasteiger partial charge is 0.300 e. The highest BCUT2D eigenvalue weighted by Crippen LogP contribution is 2.11. The maximum atomic E-state index is 10.7. The van der Waals surface area contributed by atoms with Crippen LogP contribution in [-0.4, -0.2) is 17.3 Å². The Kier molecular flexibility index (Phi) is 4.96. The van der Waals surface area contributed by atoms with Crippen molar-refractivity contribution in [3.8, 4) is 0 Å². The van der Waals surface area contributed by atoms with Crippen LogP contribution >= 0.6 is 0 Å². The van der Waals surface area contributed by atoms with Gasteiger partial charge in [-0.2, -0.15) is 0 Å². The fourth-order valence-electron chi connectivity index (χ4n) is 0.997. The Labute approximate surface area is 77.8 Å². The van der Waals surface area contributed by atoms with Crippen molar-refractivity contribution in [2.24, 2.45) is 0 Å². The van der Waals surface area contributed by atoms with Gasteiger partial charge in [0.15, 0.2) is 0 Å². The molecule has 0 heterocycles. The summed E-state index contributed by atoms with van der Waals surface area (Å²) < 4.78 is 0. The molecule has 0 saturated carbocycles. The van der Waals surface area contributed by atoms with Gasteiger partial charge in [0, 0.05) is 17.8 Å². The van der Waals surface area contributed by atoms with Gasteiger partial charge in [-0.3, -0.25) is 14.9 Å². The average Bonchev–Trinajstić information content (AvgIpc) is 1.98. The predicted octanol–water partition coefficient (Wildman–Crippen LogP) is 1.97. The van der Waals surface area contributed by atoms with Crippen LogP contribution in [0.1, 0.15) is 33.6 Å². The lowest BCUT2D eigenvalue weighted by molar-refractivity contribution is -0.479. The molecule has 0 aliphatic rings. The molecule has 0 unspecified atom stereocenters. The van der Waals surface area contributed by atoms with Crippen molar-refractivity contribution in [3.63, 3.8) is 0 Å². The second-order valence-corrected chi connectivity index (χ2v) is 3.25. The van der Waals surface area contributed by atoms with E-state index in [9.17, 15) is 14.9 Å². The van der Waals surface area contributed by atoms with Crippen LogP contribution in [0.15, 0.2) is 11.1 Å². The number of carbonyl (C=O) groups excluding carboxylic acids is 1. The Morgan fingerprint density at radius 1 is 1.23 bits per heavy atom. The van der Waals surface area contributed by atoms with Crippen molar-refractivity contribution >= 4 is 5.78 Å². The first-order chi connectivity index (χ1) is 5.93. The van der Waals surface area contributed by atoms with E-state index in [-0.39, 0.29) is 17.3 Å². The summed E-state index contributed by atoms with van der Waals surface area (Å²) in [6, 6.07) is 0. The van der Waals surface area contributed by atoms with Crippen molar-refractivity contribution in [3.05, 3.63) is 21.3 Å². The molecule has 0 saturated heterocycles. The molecule has 0 rings (SSSR count). The molecule has 0 N–H and O–H groups in total. The third kappa shape index (κ3) is 6.02. The van der Waals surface area contributed by atoms with Crippen LogP contribution in [0.2, 0.25) is 0 Å². The number of ketones is 1. The quantitative estimate of drug-likeness (QED) is 0.373. The van der Waals surface area contributed by atoms with Gasteiger partial charge in [-0.05, 0) is 20.8 Å². The molecule has 0 aromatic carbocycles. The van der Waals surface area contributed by atoms with Crippen molar-refractivity contribution in [2.75, 3.05) is 6.54 Å². The van der Waals surface area contributed by atoms with Crippen LogP contribution in [0.25, 0.3) is 0 Å². The molecule has 0 fully saturated rings. The number of carbonyl (C=O) groups is 1. The predicted molar refractivity (Wildman–Crippen MR) is 50.2 cm³/mol. The number of Topliss-reactive ketones (excluding diaryl/α,β-unsaturated/α-hetero) is 1. The number of nitrogens with zero attached hydrogens (tertiary/aromatic N) is 1. The number of hydrogen-bond acceptors (Lipinski definition) is 3. The van der Waals surface area contributed by atoms with E-state index in [1.54, 1.807) is 0 Å². The van der Waals surface area contributed by atoms with Gasteiger partial charge in [-0.1, -0.05) is 11.1 Å². The summed E-state index contributed by atoms with van der Waals surface area (Å²) in [6.45, 7) is 5.14. The second kappa shape index (κ2) is 5.45. The van der Waals surface area contributed by atoms with E-state index in [0.717, 1.165) is 11.1 Å². The molecule has 0 aromatic rings. The van der Waals surface area contributed by atoms with Crippen molar-refractivity contribution in [1.29, 1.82) is 0 Å². The van der Waals surface area contributed by atoms with E-state index in [1.165, 1.54) is 6.92 Å². The summed E-state index contributed by atoms with van der Waals surface area (Å²) in [5.41, 5.74) is 1.90. The molecule has 0 bridgehead atoms. The fourth-order valence-corrected chi connectivity index (χ4v) is 0.997. The van der Waals surface area contributed by atoms with E-state index in [1.807, 2.05) is 13.8 Å². The zero-order valence-electron chi connectivity index (χ0n) is 8.29. The second-order valence-electron chi connectivity index (χ2n) is 3.25. The van der Waals surface area contributed by atoms with Crippen molar-refractivity contribution in [1.82, 2.24) is 0 Å². The first-order valence-electron chi connectivity index (χ1n) is 4.20. The minimum Gasteiger partial charge on any atom is -0.300 e. The van der Waals surface area contributed by atoms with Gasteiger partial charge in [0.25, 0.3) is 0 Å². The molecule has 74 valence electrons. The maximum Gasteiger partial charge on any atom is 0.207 e. The van der Waals surface area contributed by atoms with Crippen molar-refractivity contribution < 1.29 is 9.72 Å². The first kappa shape index (κ1) is 11.8. The van der Waals surface area contributed by atoms with E-state index >= 15 is 0 Å². The molecule has 0 amide bonds. The molecule has 0 radical (unpaired) electrons. The van der Waals surface area contributed by atoms with Crippen LogP contribution in [-0.2, 0) is 4.79 Å². The highest BCUT2D eigenvalue weighted by Gasteiger charge is 2.03. The molecule has 4 heteroatoms. The minimum atomic E-state index is -0.343. The molecular formula is C9H15NO3. The Hall–Kier alpha value is -1.19. The summed E-state index contributed by atoms with van der Waals surface area (Å²) in [5.74, 6) is 0.0953. The van der Waals surface area contributed by atoms with Gasteiger partial charge < -0.3 is 0 Å². The van der Waals surface area contributed by atoms with Crippen molar-refractivity contribution in [2.45, 2.75) is 33.6 Å². The molecule has 0 aliphatic heterocycles. The molecular weight excluding hydrogens is 170 g/mol.